The molecule has 86 valence electrons. The number of amides is 1. The maximum absolute atomic E-state index is 11.3. The van der Waals surface area contributed by atoms with Gasteiger partial charge >= 0.3 is 0 Å². The van der Waals surface area contributed by atoms with E-state index in [4.69, 9.17) is 5.73 Å². The highest BCUT2D eigenvalue weighted by Crippen LogP contribution is 2.33. The minimum absolute atomic E-state index is 0.197. The van der Waals surface area contributed by atoms with Crippen molar-refractivity contribution in [3.8, 4) is 0 Å². The summed E-state index contributed by atoms with van der Waals surface area (Å²) in [7, 11) is 0. The maximum Gasteiger partial charge on any atom is 0.250 e. The van der Waals surface area contributed by atoms with Gasteiger partial charge in [0, 0.05) is 12.1 Å². The van der Waals surface area contributed by atoms with Crippen molar-refractivity contribution in [2.45, 2.75) is 37.7 Å². The molecule has 4 heteroatoms. The second-order valence-corrected chi connectivity index (χ2v) is 4.31. The predicted octanol–water partition coefficient (Wildman–Crippen LogP) is 1.20. The molecule has 1 aliphatic rings. The standard InChI is InChI=1S/C12H16N2O2/c13-12(16)10-2-1-7-14-11(10)8-3-5-9(15)6-4-8/h1-2,7-9,15H,3-6H2,(H2,13,16). The smallest absolute Gasteiger partial charge is 0.250 e. The first-order valence-electron chi connectivity index (χ1n) is 5.61. The zero-order chi connectivity index (χ0) is 11.5. The van der Waals surface area contributed by atoms with Gasteiger partial charge in [-0.2, -0.15) is 0 Å². The number of hydrogen-bond donors (Lipinski definition) is 2. The van der Waals surface area contributed by atoms with E-state index >= 15 is 0 Å². The van der Waals surface area contributed by atoms with Crippen LogP contribution in [0.4, 0.5) is 0 Å². The van der Waals surface area contributed by atoms with Gasteiger partial charge < -0.3 is 10.8 Å². The Labute approximate surface area is 94.5 Å². The third kappa shape index (κ3) is 2.22. The Kier molecular flexibility index (Phi) is 3.19. The van der Waals surface area contributed by atoms with Crippen LogP contribution in [-0.4, -0.2) is 22.1 Å². The first-order chi connectivity index (χ1) is 7.68. The second kappa shape index (κ2) is 4.61. The van der Waals surface area contributed by atoms with Gasteiger partial charge in [0.25, 0.3) is 5.91 Å². The molecule has 1 aromatic heterocycles. The van der Waals surface area contributed by atoms with Crippen LogP contribution in [0.1, 0.15) is 47.7 Å². The molecule has 1 fully saturated rings. The van der Waals surface area contributed by atoms with Gasteiger partial charge in [-0.15, -0.1) is 0 Å². The molecule has 0 bridgehead atoms. The molecule has 1 amide bonds. The minimum atomic E-state index is -0.422. The summed E-state index contributed by atoms with van der Waals surface area (Å²) in [4.78, 5) is 15.5. The zero-order valence-corrected chi connectivity index (χ0v) is 9.10. The Morgan fingerprint density at radius 2 is 2.06 bits per heavy atom. The summed E-state index contributed by atoms with van der Waals surface area (Å²) >= 11 is 0. The molecule has 1 aromatic rings. The molecule has 3 N–H and O–H groups in total. The van der Waals surface area contributed by atoms with Gasteiger partial charge in [-0.05, 0) is 37.8 Å². The van der Waals surface area contributed by atoms with Crippen LogP contribution in [0.15, 0.2) is 18.3 Å². The number of carbonyl (C=O) groups is 1. The lowest BCUT2D eigenvalue weighted by Crippen LogP contribution is -2.21. The van der Waals surface area contributed by atoms with E-state index in [1.165, 1.54) is 0 Å². The van der Waals surface area contributed by atoms with Gasteiger partial charge in [0.15, 0.2) is 0 Å². The minimum Gasteiger partial charge on any atom is -0.393 e. The Morgan fingerprint density at radius 1 is 1.38 bits per heavy atom. The number of nitrogens with zero attached hydrogens (tertiary/aromatic N) is 1. The first-order valence-corrected chi connectivity index (χ1v) is 5.61. The van der Waals surface area contributed by atoms with Crippen molar-refractivity contribution < 1.29 is 9.90 Å². The van der Waals surface area contributed by atoms with E-state index in [1.54, 1.807) is 18.3 Å². The largest absolute Gasteiger partial charge is 0.393 e. The van der Waals surface area contributed by atoms with E-state index in [0.29, 0.717) is 5.56 Å². The average molecular weight is 220 g/mol. The Bertz CT molecular complexity index is 384. The lowest BCUT2D eigenvalue weighted by molar-refractivity contribution is 0.0996. The zero-order valence-electron chi connectivity index (χ0n) is 9.10. The van der Waals surface area contributed by atoms with Gasteiger partial charge in [-0.1, -0.05) is 0 Å². The van der Waals surface area contributed by atoms with Crippen molar-refractivity contribution in [2.75, 3.05) is 0 Å². The number of aliphatic hydroxyl groups excluding tert-OH is 1. The molecule has 0 saturated heterocycles. The molecular weight excluding hydrogens is 204 g/mol. The first kappa shape index (κ1) is 11.1. The Balaban J connectivity index is 2.23. The molecule has 0 aromatic carbocycles. The molecule has 4 nitrogen and oxygen atoms in total. The number of carbonyl (C=O) groups excluding carboxylic acids is 1. The summed E-state index contributed by atoms with van der Waals surface area (Å²) in [6.07, 6.45) is 4.79. The van der Waals surface area contributed by atoms with E-state index < -0.39 is 5.91 Å². The van der Waals surface area contributed by atoms with Crippen LogP contribution >= 0.6 is 0 Å². The third-order valence-electron chi connectivity index (χ3n) is 3.19. The summed E-state index contributed by atoms with van der Waals surface area (Å²) < 4.78 is 0. The van der Waals surface area contributed by atoms with Crippen molar-refractivity contribution in [1.82, 2.24) is 4.98 Å². The lowest BCUT2D eigenvalue weighted by Gasteiger charge is -2.25. The molecule has 0 aliphatic heterocycles. The monoisotopic (exact) mass is 220 g/mol. The number of aromatic nitrogens is 1. The number of primary amides is 1. The van der Waals surface area contributed by atoms with Crippen LogP contribution in [0.3, 0.4) is 0 Å². The molecule has 1 aliphatic carbocycles. The molecule has 0 atom stereocenters. The summed E-state index contributed by atoms with van der Waals surface area (Å²) in [5.74, 6) is -0.165. The summed E-state index contributed by atoms with van der Waals surface area (Å²) in [6.45, 7) is 0. The van der Waals surface area contributed by atoms with Crippen LogP contribution in [0.2, 0.25) is 0 Å². The number of pyridine rings is 1. The molecule has 2 rings (SSSR count). The summed E-state index contributed by atoms with van der Waals surface area (Å²) in [5.41, 5.74) is 6.63. The maximum atomic E-state index is 11.3. The molecule has 0 unspecified atom stereocenters. The van der Waals surface area contributed by atoms with Crippen molar-refractivity contribution in [3.63, 3.8) is 0 Å². The highest BCUT2D eigenvalue weighted by Gasteiger charge is 2.24. The fourth-order valence-corrected chi connectivity index (χ4v) is 2.30. The van der Waals surface area contributed by atoms with Gasteiger partial charge in [-0.3, -0.25) is 9.78 Å². The fraction of sp³-hybridized carbons (Fsp3) is 0.500. The third-order valence-corrected chi connectivity index (χ3v) is 3.19. The number of rotatable bonds is 2. The van der Waals surface area contributed by atoms with Crippen LogP contribution in [0.5, 0.6) is 0 Å². The molecule has 1 heterocycles. The quantitative estimate of drug-likeness (QED) is 0.786. The SMILES string of the molecule is NC(=O)c1cccnc1C1CCC(O)CC1. The fourth-order valence-electron chi connectivity index (χ4n) is 2.30. The van der Waals surface area contributed by atoms with Gasteiger partial charge in [0.1, 0.15) is 0 Å². The Morgan fingerprint density at radius 3 is 2.69 bits per heavy atom. The lowest BCUT2D eigenvalue weighted by atomic mass is 9.83. The van der Waals surface area contributed by atoms with Crippen LogP contribution in [-0.2, 0) is 0 Å². The highest BCUT2D eigenvalue weighted by molar-refractivity contribution is 5.94. The van der Waals surface area contributed by atoms with E-state index in [1.807, 2.05) is 0 Å². The molecule has 0 radical (unpaired) electrons. The van der Waals surface area contributed by atoms with E-state index in [2.05, 4.69) is 4.98 Å². The molecule has 1 saturated carbocycles. The van der Waals surface area contributed by atoms with E-state index in [-0.39, 0.29) is 12.0 Å². The van der Waals surface area contributed by atoms with Crippen molar-refractivity contribution >= 4 is 5.91 Å². The van der Waals surface area contributed by atoms with Crippen molar-refractivity contribution in [3.05, 3.63) is 29.6 Å². The molecule has 0 spiro atoms. The van der Waals surface area contributed by atoms with E-state index in [0.717, 1.165) is 31.4 Å². The van der Waals surface area contributed by atoms with Crippen molar-refractivity contribution in [1.29, 1.82) is 0 Å². The van der Waals surface area contributed by atoms with Gasteiger partial charge in [-0.25, -0.2) is 0 Å². The Hall–Kier alpha value is -1.42. The normalized spacial score (nSPS) is 25.3. The number of aliphatic hydroxyl groups is 1. The summed E-state index contributed by atoms with van der Waals surface area (Å²) in [5, 5.41) is 9.44. The summed E-state index contributed by atoms with van der Waals surface area (Å²) in [6, 6.07) is 3.44. The van der Waals surface area contributed by atoms with Gasteiger partial charge in [0.05, 0.1) is 17.4 Å². The molecular formula is C12H16N2O2. The number of nitrogens with two attached hydrogens (primary N) is 1. The van der Waals surface area contributed by atoms with Crippen LogP contribution < -0.4 is 5.73 Å². The van der Waals surface area contributed by atoms with Crippen LogP contribution in [0.25, 0.3) is 0 Å². The van der Waals surface area contributed by atoms with Crippen LogP contribution in [0, 0.1) is 0 Å². The average Bonchev–Trinajstić information content (AvgIpc) is 2.30. The molecule has 16 heavy (non-hydrogen) atoms. The van der Waals surface area contributed by atoms with E-state index in [9.17, 15) is 9.90 Å². The van der Waals surface area contributed by atoms with Gasteiger partial charge in [0.2, 0.25) is 0 Å². The number of hydrogen-bond acceptors (Lipinski definition) is 3. The van der Waals surface area contributed by atoms with Crippen molar-refractivity contribution in [2.24, 2.45) is 5.73 Å². The predicted molar refractivity (Wildman–Crippen MR) is 60.0 cm³/mol. The highest BCUT2D eigenvalue weighted by atomic mass is 16.3. The topological polar surface area (TPSA) is 76.2 Å². The second-order valence-electron chi connectivity index (χ2n) is 4.31.